The van der Waals surface area contributed by atoms with Gasteiger partial charge < -0.3 is 19.7 Å². The van der Waals surface area contributed by atoms with Gasteiger partial charge in [0, 0.05) is 32.7 Å². The minimum Gasteiger partial charge on any atom is -0.495 e. The van der Waals surface area contributed by atoms with Crippen molar-refractivity contribution in [1.29, 1.82) is 0 Å². The molecule has 1 fully saturated rings. The summed E-state index contributed by atoms with van der Waals surface area (Å²) in [6, 6.07) is 14.4. The van der Waals surface area contributed by atoms with Crippen LogP contribution in [0.5, 0.6) is 11.5 Å². The van der Waals surface area contributed by atoms with E-state index in [1.165, 1.54) is 12.1 Å². The average molecular weight is 419 g/mol. The van der Waals surface area contributed by atoms with Gasteiger partial charge in [-0.25, -0.2) is 0 Å². The Morgan fingerprint density at radius 2 is 1.77 bits per heavy atom. The van der Waals surface area contributed by atoms with Crippen LogP contribution in [-0.4, -0.2) is 63.8 Å². The molecule has 1 amide bonds. The molecule has 0 aliphatic carbocycles. The molecule has 0 atom stereocenters. The van der Waals surface area contributed by atoms with Gasteiger partial charge in [0.05, 0.1) is 19.3 Å². The van der Waals surface area contributed by atoms with Crippen molar-refractivity contribution in [1.82, 2.24) is 10.2 Å². The standard InChI is InChI=1S/C22H27F2N3O3/c1-29-20-5-3-2-4-19(20)27-14-12-26(13-15-27)16-21(28)25-11-10-17-6-8-18(9-7-17)30-22(23)24/h2-9,22H,10-16H2,1H3,(H,25,28). The number of carbonyl (C=O) groups is 1. The zero-order chi connectivity index (χ0) is 21.3. The summed E-state index contributed by atoms with van der Waals surface area (Å²) in [5, 5.41) is 2.92. The monoisotopic (exact) mass is 419 g/mol. The quantitative estimate of drug-likeness (QED) is 0.678. The number of hydrogen-bond donors (Lipinski definition) is 1. The van der Waals surface area contributed by atoms with Gasteiger partial charge in [0.1, 0.15) is 11.5 Å². The van der Waals surface area contributed by atoms with Gasteiger partial charge in [-0.05, 0) is 36.2 Å². The number of nitrogens with one attached hydrogen (secondary N) is 1. The fourth-order valence-corrected chi connectivity index (χ4v) is 3.48. The zero-order valence-corrected chi connectivity index (χ0v) is 17.0. The molecule has 0 radical (unpaired) electrons. The van der Waals surface area contributed by atoms with E-state index in [1.807, 2.05) is 24.3 Å². The van der Waals surface area contributed by atoms with Crippen LogP contribution < -0.4 is 19.7 Å². The van der Waals surface area contributed by atoms with E-state index in [9.17, 15) is 13.6 Å². The number of rotatable bonds is 9. The first-order chi connectivity index (χ1) is 14.5. The van der Waals surface area contributed by atoms with Crippen LogP contribution in [0.15, 0.2) is 48.5 Å². The lowest BCUT2D eigenvalue weighted by Crippen LogP contribution is -2.49. The third-order valence-corrected chi connectivity index (χ3v) is 5.05. The maximum absolute atomic E-state index is 12.2. The highest BCUT2D eigenvalue weighted by atomic mass is 19.3. The topological polar surface area (TPSA) is 54.0 Å². The number of hydrogen-bond acceptors (Lipinski definition) is 5. The van der Waals surface area contributed by atoms with Crippen molar-refractivity contribution in [3.8, 4) is 11.5 Å². The number of ether oxygens (including phenoxy) is 2. The number of nitrogens with zero attached hydrogens (tertiary/aromatic N) is 2. The SMILES string of the molecule is COc1ccccc1N1CCN(CC(=O)NCCc2ccc(OC(F)F)cc2)CC1. The van der Waals surface area contributed by atoms with Crippen LogP contribution in [0.4, 0.5) is 14.5 Å². The Bertz CT molecular complexity index is 810. The first kappa shape index (κ1) is 21.8. The molecule has 2 aromatic carbocycles. The van der Waals surface area contributed by atoms with Crippen LogP contribution >= 0.6 is 0 Å². The molecule has 3 rings (SSSR count). The van der Waals surface area contributed by atoms with Gasteiger partial charge in [-0.15, -0.1) is 0 Å². The lowest BCUT2D eigenvalue weighted by atomic mass is 10.1. The summed E-state index contributed by atoms with van der Waals surface area (Å²) < 4.78 is 34.1. The smallest absolute Gasteiger partial charge is 0.387 e. The lowest BCUT2D eigenvalue weighted by Gasteiger charge is -2.36. The van der Waals surface area contributed by atoms with Crippen LogP contribution in [0.1, 0.15) is 5.56 Å². The minimum atomic E-state index is -2.83. The van der Waals surface area contributed by atoms with Gasteiger partial charge in [0.2, 0.25) is 5.91 Å². The van der Waals surface area contributed by atoms with Crippen LogP contribution in [-0.2, 0) is 11.2 Å². The molecule has 1 N–H and O–H groups in total. The van der Waals surface area contributed by atoms with Crippen LogP contribution in [0.25, 0.3) is 0 Å². The maximum Gasteiger partial charge on any atom is 0.387 e. The second-order valence-corrected chi connectivity index (χ2v) is 7.06. The van der Waals surface area contributed by atoms with Gasteiger partial charge >= 0.3 is 6.61 Å². The Hall–Kier alpha value is -2.87. The van der Waals surface area contributed by atoms with E-state index in [0.717, 1.165) is 43.2 Å². The largest absolute Gasteiger partial charge is 0.495 e. The maximum atomic E-state index is 12.2. The van der Waals surface area contributed by atoms with E-state index >= 15 is 0 Å². The second kappa shape index (κ2) is 10.8. The van der Waals surface area contributed by atoms with E-state index in [0.29, 0.717) is 19.5 Å². The number of anilines is 1. The third kappa shape index (κ3) is 6.32. The van der Waals surface area contributed by atoms with Crippen molar-refractivity contribution in [3.63, 3.8) is 0 Å². The molecule has 1 saturated heterocycles. The van der Waals surface area contributed by atoms with E-state index in [-0.39, 0.29) is 11.7 Å². The molecule has 1 aliphatic rings. The molecular formula is C22H27F2N3O3. The van der Waals surface area contributed by atoms with Gasteiger partial charge in [0.25, 0.3) is 0 Å². The molecule has 6 nitrogen and oxygen atoms in total. The van der Waals surface area contributed by atoms with Crippen LogP contribution in [0, 0.1) is 0 Å². The molecule has 0 aromatic heterocycles. The van der Waals surface area contributed by atoms with E-state index in [4.69, 9.17) is 4.74 Å². The molecule has 2 aromatic rings. The zero-order valence-electron chi connectivity index (χ0n) is 17.0. The predicted octanol–water partition coefficient (Wildman–Crippen LogP) is 2.78. The van der Waals surface area contributed by atoms with Crippen molar-refractivity contribution in [2.45, 2.75) is 13.0 Å². The first-order valence-corrected chi connectivity index (χ1v) is 9.96. The summed E-state index contributed by atoms with van der Waals surface area (Å²) in [6.45, 7) is 1.30. The minimum absolute atomic E-state index is 0.0154. The Kier molecular flexibility index (Phi) is 7.84. The molecule has 0 unspecified atom stereocenters. The Labute approximate surface area is 175 Å². The Balaban J connectivity index is 1.37. The van der Waals surface area contributed by atoms with Crippen molar-refractivity contribution in [2.75, 3.05) is 51.3 Å². The number of para-hydroxylation sites is 2. The Morgan fingerprint density at radius 1 is 1.07 bits per heavy atom. The fourth-order valence-electron chi connectivity index (χ4n) is 3.48. The number of methoxy groups -OCH3 is 1. The highest BCUT2D eigenvalue weighted by Gasteiger charge is 2.20. The van der Waals surface area contributed by atoms with Crippen LogP contribution in [0.2, 0.25) is 0 Å². The molecule has 0 spiro atoms. The number of alkyl halides is 2. The van der Waals surface area contributed by atoms with E-state index in [2.05, 4.69) is 19.9 Å². The van der Waals surface area contributed by atoms with Gasteiger partial charge in [-0.3, -0.25) is 9.69 Å². The summed E-state index contributed by atoms with van der Waals surface area (Å²) in [7, 11) is 1.67. The van der Waals surface area contributed by atoms with Crippen molar-refractivity contribution < 1.29 is 23.0 Å². The average Bonchev–Trinajstić information content (AvgIpc) is 2.75. The molecule has 1 heterocycles. The van der Waals surface area contributed by atoms with Gasteiger partial charge in [-0.2, -0.15) is 8.78 Å². The van der Waals surface area contributed by atoms with Crippen molar-refractivity contribution in [2.24, 2.45) is 0 Å². The van der Waals surface area contributed by atoms with Gasteiger partial charge in [0.15, 0.2) is 0 Å². The Morgan fingerprint density at radius 3 is 2.43 bits per heavy atom. The number of carbonyl (C=O) groups excluding carboxylic acids is 1. The summed E-state index contributed by atoms with van der Waals surface area (Å²) in [5.74, 6) is 0.973. The predicted molar refractivity (Wildman–Crippen MR) is 111 cm³/mol. The molecule has 30 heavy (non-hydrogen) atoms. The normalized spacial score (nSPS) is 14.6. The van der Waals surface area contributed by atoms with E-state index < -0.39 is 6.61 Å². The van der Waals surface area contributed by atoms with Gasteiger partial charge in [-0.1, -0.05) is 24.3 Å². The summed E-state index contributed by atoms with van der Waals surface area (Å²) in [6.07, 6.45) is 0.627. The molecule has 1 aliphatic heterocycles. The number of benzene rings is 2. The van der Waals surface area contributed by atoms with Crippen molar-refractivity contribution in [3.05, 3.63) is 54.1 Å². The molecule has 0 saturated carbocycles. The summed E-state index contributed by atoms with van der Waals surface area (Å²) >= 11 is 0. The highest BCUT2D eigenvalue weighted by molar-refractivity contribution is 5.78. The summed E-state index contributed by atoms with van der Waals surface area (Å²) in [4.78, 5) is 16.6. The highest BCUT2D eigenvalue weighted by Crippen LogP contribution is 2.28. The number of piperazine rings is 1. The third-order valence-electron chi connectivity index (χ3n) is 5.05. The first-order valence-electron chi connectivity index (χ1n) is 9.96. The lowest BCUT2D eigenvalue weighted by molar-refractivity contribution is -0.122. The molecular weight excluding hydrogens is 392 g/mol. The fraction of sp³-hybridized carbons (Fsp3) is 0.409. The van der Waals surface area contributed by atoms with E-state index in [1.54, 1.807) is 19.2 Å². The molecule has 162 valence electrons. The summed E-state index contributed by atoms with van der Waals surface area (Å²) in [5.41, 5.74) is 2.02. The molecule has 8 heteroatoms. The molecule has 0 bridgehead atoms. The number of amides is 1. The van der Waals surface area contributed by atoms with Crippen LogP contribution in [0.3, 0.4) is 0 Å². The van der Waals surface area contributed by atoms with Crippen molar-refractivity contribution >= 4 is 11.6 Å². The number of halogens is 2. The second-order valence-electron chi connectivity index (χ2n) is 7.06.